The molecule has 2 rings (SSSR count). The van der Waals surface area contributed by atoms with Gasteiger partial charge in [-0.2, -0.15) is 0 Å². The molecule has 3 atom stereocenters. The van der Waals surface area contributed by atoms with Crippen molar-refractivity contribution < 1.29 is 22.8 Å². The van der Waals surface area contributed by atoms with E-state index in [1.165, 1.54) is 25.1 Å². The summed E-state index contributed by atoms with van der Waals surface area (Å²) in [5, 5.41) is 0. The van der Waals surface area contributed by atoms with E-state index < -0.39 is 25.5 Å². The van der Waals surface area contributed by atoms with Crippen LogP contribution in [0.2, 0.25) is 0 Å². The molecule has 0 aliphatic heterocycles. The average molecular weight is 304 g/mol. The molecule has 1 aromatic rings. The smallest absolute Gasteiger partial charge is 0.376 e. The fourth-order valence-corrected chi connectivity index (χ4v) is 3.12. The molecule has 1 saturated carbocycles. The summed E-state index contributed by atoms with van der Waals surface area (Å²) >= 11 is 0. The summed E-state index contributed by atoms with van der Waals surface area (Å²) in [5.41, 5.74) is 0.241. The molecule has 1 aromatic carbocycles. The minimum atomic E-state index is -3.83. The Labute approximate surface area is 117 Å². The second kappa shape index (κ2) is 6.23. The predicted octanol–water partition coefficient (Wildman–Crippen LogP) is 4.41. The monoisotopic (exact) mass is 304 g/mol. The highest BCUT2D eigenvalue weighted by atomic mass is 31.2. The molecule has 0 amide bonds. The van der Waals surface area contributed by atoms with Crippen molar-refractivity contribution in [2.45, 2.75) is 44.7 Å². The van der Waals surface area contributed by atoms with Crippen LogP contribution in [0.1, 0.15) is 44.1 Å². The van der Waals surface area contributed by atoms with Gasteiger partial charge in [-0.05, 0) is 24.5 Å². The largest absolute Gasteiger partial charge is 0.421 e. The summed E-state index contributed by atoms with van der Waals surface area (Å²) in [6, 6.07) is 4.36. The third kappa shape index (κ3) is 3.39. The Kier molecular flexibility index (Phi) is 4.82. The van der Waals surface area contributed by atoms with Crippen LogP contribution >= 0.6 is 7.60 Å². The highest BCUT2D eigenvalue weighted by Gasteiger charge is 2.30. The minimum Gasteiger partial charge on any atom is -0.421 e. The lowest BCUT2D eigenvalue weighted by atomic mass is 9.82. The fraction of sp³-hybridized carbons (Fsp3) is 0.571. The first kappa shape index (κ1) is 15.5. The van der Waals surface area contributed by atoms with E-state index in [0.29, 0.717) is 12.8 Å². The van der Waals surface area contributed by atoms with E-state index in [1.54, 1.807) is 0 Å². The quantitative estimate of drug-likeness (QED) is 0.838. The normalized spacial score (nSPS) is 26.0. The number of benzene rings is 1. The summed E-state index contributed by atoms with van der Waals surface area (Å²) in [6.45, 7) is 1.49. The van der Waals surface area contributed by atoms with Crippen molar-refractivity contribution in [1.82, 2.24) is 0 Å². The molecular weight excluding hydrogens is 285 g/mol. The summed E-state index contributed by atoms with van der Waals surface area (Å²) in [4.78, 5) is 9.45. The van der Waals surface area contributed by atoms with Gasteiger partial charge >= 0.3 is 7.60 Å². The van der Waals surface area contributed by atoms with E-state index >= 15 is 0 Å². The van der Waals surface area contributed by atoms with Crippen LogP contribution in [0.5, 0.6) is 5.75 Å². The molecule has 0 radical (unpaired) electrons. The first-order valence-electron chi connectivity index (χ1n) is 6.88. The van der Waals surface area contributed by atoms with Gasteiger partial charge in [-0.1, -0.05) is 31.9 Å². The molecule has 0 saturated heterocycles. The molecule has 0 heterocycles. The van der Waals surface area contributed by atoms with Crippen LogP contribution in [-0.4, -0.2) is 17.2 Å². The molecule has 3 nitrogen and oxygen atoms in total. The van der Waals surface area contributed by atoms with Gasteiger partial charge < -0.3 is 9.42 Å². The zero-order valence-corrected chi connectivity index (χ0v) is 12.3. The topological polar surface area (TPSA) is 46.5 Å². The summed E-state index contributed by atoms with van der Waals surface area (Å²) in [5.74, 6) is -1.48. The third-order valence-corrected chi connectivity index (χ3v) is 5.00. The first-order valence-corrected chi connectivity index (χ1v) is 8.65. The van der Waals surface area contributed by atoms with Crippen molar-refractivity contribution in [3.05, 3.63) is 29.6 Å². The van der Waals surface area contributed by atoms with Gasteiger partial charge in [-0.25, -0.2) is 13.3 Å². The van der Waals surface area contributed by atoms with Crippen LogP contribution in [0.3, 0.4) is 0 Å². The first-order chi connectivity index (χ1) is 9.44. The standard InChI is InChI=1S/C14H19F2O3P/c1-2-20(17,18)19-13-9-5-7-11(14(13)16)10-6-3-4-8-12(10)15/h5,7,9-10,12H,2-4,6,8H2,1H3,(H,17,18). The highest BCUT2D eigenvalue weighted by molar-refractivity contribution is 7.53. The van der Waals surface area contributed by atoms with Crippen molar-refractivity contribution in [2.75, 3.05) is 6.16 Å². The van der Waals surface area contributed by atoms with Gasteiger partial charge in [0.25, 0.3) is 0 Å². The zero-order valence-electron chi connectivity index (χ0n) is 11.4. The van der Waals surface area contributed by atoms with Gasteiger partial charge in [0, 0.05) is 5.92 Å². The second-order valence-corrected chi connectivity index (χ2v) is 7.20. The van der Waals surface area contributed by atoms with Gasteiger partial charge in [0.1, 0.15) is 6.17 Å². The fourth-order valence-electron chi connectivity index (χ4n) is 2.54. The van der Waals surface area contributed by atoms with E-state index in [1.807, 2.05) is 0 Å². The molecule has 0 bridgehead atoms. The molecule has 1 N–H and O–H groups in total. The van der Waals surface area contributed by atoms with Gasteiger partial charge in [0.15, 0.2) is 11.6 Å². The zero-order chi connectivity index (χ0) is 14.8. The van der Waals surface area contributed by atoms with Crippen LogP contribution < -0.4 is 4.52 Å². The van der Waals surface area contributed by atoms with Gasteiger partial charge in [0.2, 0.25) is 0 Å². The summed E-state index contributed by atoms with van der Waals surface area (Å²) in [6.07, 6.45) is 1.53. The summed E-state index contributed by atoms with van der Waals surface area (Å²) in [7, 11) is -3.83. The minimum absolute atomic E-state index is 0.105. The highest BCUT2D eigenvalue weighted by Crippen LogP contribution is 2.45. The van der Waals surface area contributed by atoms with Crippen LogP contribution in [0.15, 0.2) is 18.2 Å². The van der Waals surface area contributed by atoms with Gasteiger partial charge in [-0.3, -0.25) is 0 Å². The van der Waals surface area contributed by atoms with Crippen molar-refractivity contribution in [3.8, 4) is 5.75 Å². The summed E-state index contributed by atoms with van der Waals surface area (Å²) < 4.78 is 44.7. The van der Waals surface area contributed by atoms with Gasteiger partial charge in [0.05, 0.1) is 6.16 Å². The Morgan fingerprint density at radius 2 is 2.10 bits per heavy atom. The number of rotatable bonds is 4. The Bertz CT molecular complexity index is 521. The number of alkyl halides is 1. The number of hydrogen-bond donors (Lipinski definition) is 1. The Balaban J connectivity index is 2.29. The number of hydrogen-bond acceptors (Lipinski definition) is 2. The Morgan fingerprint density at radius 3 is 2.75 bits per heavy atom. The molecule has 1 aliphatic rings. The third-order valence-electron chi connectivity index (χ3n) is 3.71. The van der Waals surface area contributed by atoms with Crippen molar-refractivity contribution >= 4 is 7.60 Å². The maximum absolute atomic E-state index is 14.4. The van der Waals surface area contributed by atoms with Crippen LogP contribution in [-0.2, 0) is 4.57 Å². The van der Waals surface area contributed by atoms with E-state index in [9.17, 15) is 18.2 Å². The second-order valence-electron chi connectivity index (χ2n) is 5.11. The van der Waals surface area contributed by atoms with Gasteiger partial charge in [-0.15, -0.1) is 0 Å². The SMILES string of the molecule is CCP(=O)(O)Oc1cccc(C2CCCCC2F)c1F. The number of halogens is 2. The van der Waals surface area contributed by atoms with Crippen molar-refractivity contribution in [1.29, 1.82) is 0 Å². The lowest BCUT2D eigenvalue weighted by molar-refractivity contribution is 0.212. The lowest BCUT2D eigenvalue weighted by Crippen LogP contribution is -2.19. The van der Waals surface area contributed by atoms with E-state index in [2.05, 4.69) is 0 Å². The maximum atomic E-state index is 14.4. The Hall–Kier alpha value is -0.930. The lowest BCUT2D eigenvalue weighted by Gasteiger charge is -2.27. The maximum Gasteiger partial charge on any atom is 0.376 e. The Morgan fingerprint density at radius 1 is 1.40 bits per heavy atom. The molecule has 6 heteroatoms. The van der Waals surface area contributed by atoms with Crippen molar-refractivity contribution in [2.24, 2.45) is 0 Å². The molecular formula is C14H19F2O3P. The van der Waals surface area contributed by atoms with E-state index in [0.717, 1.165) is 12.8 Å². The molecule has 112 valence electrons. The molecule has 1 aliphatic carbocycles. The molecule has 0 spiro atoms. The predicted molar refractivity (Wildman–Crippen MR) is 73.5 cm³/mol. The molecule has 1 fully saturated rings. The molecule has 0 aromatic heterocycles. The molecule has 3 unspecified atom stereocenters. The van der Waals surface area contributed by atoms with Crippen LogP contribution in [0.25, 0.3) is 0 Å². The van der Waals surface area contributed by atoms with Crippen molar-refractivity contribution in [3.63, 3.8) is 0 Å². The van der Waals surface area contributed by atoms with E-state index in [-0.39, 0.29) is 17.5 Å². The average Bonchev–Trinajstić information content (AvgIpc) is 2.42. The van der Waals surface area contributed by atoms with Crippen LogP contribution in [0.4, 0.5) is 8.78 Å². The molecule has 20 heavy (non-hydrogen) atoms. The van der Waals surface area contributed by atoms with Crippen LogP contribution in [0, 0.1) is 5.82 Å². The van der Waals surface area contributed by atoms with E-state index in [4.69, 9.17) is 4.52 Å².